The van der Waals surface area contributed by atoms with Crippen molar-refractivity contribution in [2.75, 3.05) is 44.7 Å². The van der Waals surface area contributed by atoms with Crippen LogP contribution in [0.1, 0.15) is 37.5 Å². The van der Waals surface area contributed by atoms with Gasteiger partial charge in [0.2, 0.25) is 0 Å². The number of alkyl halides is 3. The van der Waals surface area contributed by atoms with Crippen LogP contribution in [0.25, 0.3) is 5.69 Å². The summed E-state index contributed by atoms with van der Waals surface area (Å²) < 4.78 is 46.5. The average molecular weight is 724 g/mol. The molecular weight excluding hydrogens is 683 g/mol. The first-order valence-corrected chi connectivity index (χ1v) is 17.5. The molecule has 53 heavy (non-hydrogen) atoms. The van der Waals surface area contributed by atoms with Crippen molar-refractivity contribution in [2.45, 2.75) is 32.3 Å². The molecule has 12 heteroatoms. The zero-order valence-corrected chi connectivity index (χ0v) is 29.5. The van der Waals surface area contributed by atoms with Crippen LogP contribution in [0.5, 0.6) is 11.5 Å². The maximum atomic E-state index is 14.8. The molecule has 1 fully saturated rings. The fourth-order valence-electron chi connectivity index (χ4n) is 7.21. The van der Waals surface area contributed by atoms with Gasteiger partial charge in [-0.1, -0.05) is 42.5 Å². The number of fused-ring (bicyclic) bond motifs is 1. The van der Waals surface area contributed by atoms with Gasteiger partial charge in [-0.3, -0.25) is 19.4 Å². The molecule has 1 aromatic heterocycles. The first kappa shape index (κ1) is 35.8. The molecule has 0 spiro atoms. The number of hydrogen-bond donors (Lipinski definition) is 1. The number of piperazine rings is 1. The van der Waals surface area contributed by atoms with Gasteiger partial charge in [-0.05, 0) is 92.2 Å². The van der Waals surface area contributed by atoms with Crippen molar-refractivity contribution in [3.8, 4) is 17.2 Å². The van der Waals surface area contributed by atoms with Gasteiger partial charge in [0.25, 0.3) is 11.8 Å². The highest BCUT2D eigenvalue weighted by atomic mass is 19.4. The number of phenols is 1. The number of hydrogen-bond acceptors (Lipinski definition) is 6. The first-order valence-electron chi connectivity index (χ1n) is 17.5. The van der Waals surface area contributed by atoms with Crippen LogP contribution in [0.2, 0.25) is 0 Å². The molecule has 7 rings (SSSR count). The number of phenolic OH excluding ortho intramolecular Hbond substituents is 1. The number of nitrogens with zero attached hydrogens (tertiary/aromatic N) is 5. The van der Waals surface area contributed by atoms with Gasteiger partial charge < -0.3 is 24.2 Å². The summed E-state index contributed by atoms with van der Waals surface area (Å²) in [6, 6.07) is 28.5. The van der Waals surface area contributed by atoms with Crippen LogP contribution < -0.4 is 9.64 Å². The molecule has 9 nitrogen and oxygen atoms in total. The molecule has 274 valence electrons. The van der Waals surface area contributed by atoms with Crippen LogP contribution in [-0.2, 0) is 13.0 Å². The number of anilines is 2. The van der Waals surface area contributed by atoms with E-state index in [9.17, 15) is 27.9 Å². The van der Waals surface area contributed by atoms with Crippen molar-refractivity contribution in [1.82, 2.24) is 19.3 Å². The van der Waals surface area contributed by atoms with Crippen molar-refractivity contribution in [1.29, 1.82) is 0 Å². The lowest BCUT2D eigenvalue weighted by atomic mass is 9.92. The second-order valence-corrected chi connectivity index (χ2v) is 13.6. The number of benzene rings is 4. The number of rotatable bonds is 8. The van der Waals surface area contributed by atoms with E-state index in [4.69, 9.17) is 0 Å². The number of aromatic nitrogens is 1. The number of likely N-dealkylation sites (N-methyl/N-ethyl adjacent to an activating group) is 1. The Hall–Kier alpha value is -5.59. The number of carbonyl (C=O) groups is 2. The molecule has 1 atom stereocenters. The van der Waals surface area contributed by atoms with E-state index in [-0.39, 0.29) is 28.8 Å². The highest BCUT2D eigenvalue weighted by Gasteiger charge is 2.36. The second kappa shape index (κ2) is 14.8. The Morgan fingerprint density at radius 1 is 0.849 bits per heavy atom. The standard InChI is InChI=1S/C41H40F3N5O4/c1-28-22-31(39(51)49(32-10-4-3-5-11-32)33-12-14-35(50)15-13-33)26-47(28)38-17-16-36(53-41(42,43)44)24-37(38)40(52)48-25-30-9-7-6-8-29(30)23-34(48)27-46-20-18-45(2)19-21-46/h3-17,22,24,26,34,50H,18-21,23,25,27H2,1-2H3/t34-/m0/s1. The fourth-order valence-corrected chi connectivity index (χ4v) is 7.21. The molecule has 4 aromatic carbocycles. The van der Waals surface area contributed by atoms with Gasteiger partial charge in [0.05, 0.1) is 16.8 Å². The van der Waals surface area contributed by atoms with Crippen LogP contribution in [0.4, 0.5) is 24.5 Å². The minimum atomic E-state index is -4.96. The van der Waals surface area contributed by atoms with E-state index in [1.54, 1.807) is 52.9 Å². The van der Waals surface area contributed by atoms with Gasteiger partial charge in [-0.25, -0.2) is 0 Å². The smallest absolute Gasteiger partial charge is 0.508 e. The SMILES string of the molecule is Cc1cc(C(=O)N(c2ccccc2)c2ccc(O)cc2)cn1-c1ccc(OC(F)(F)F)cc1C(=O)N1Cc2ccccc2C[C@H]1CN1CCN(C)CC1. The molecule has 5 aromatic rings. The van der Waals surface area contributed by atoms with Gasteiger partial charge in [-0.2, -0.15) is 0 Å². The van der Waals surface area contributed by atoms with Crippen molar-refractivity contribution in [3.63, 3.8) is 0 Å². The summed E-state index contributed by atoms with van der Waals surface area (Å²) >= 11 is 0. The third kappa shape index (κ3) is 7.93. The van der Waals surface area contributed by atoms with Gasteiger partial charge in [0.1, 0.15) is 11.5 Å². The second-order valence-electron chi connectivity index (χ2n) is 13.6. The highest BCUT2D eigenvalue weighted by Crippen LogP contribution is 2.34. The summed E-state index contributed by atoms with van der Waals surface area (Å²) in [5.74, 6) is -1.28. The number of para-hydroxylation sites is 1. The van der Waals surface area contributed by atoms with Crippen LogP contribution >= 0.6 is 0 Å². The zero-order valence-electron chi connectivity index (χ0n) is 29.5. The van der Waals surface area contributed by atoms with Crippen LogP contribution in [-0.4, -0.2) is 88.4 Å². The third-order valence-electron chi connectivity index (χ3n) is 9.96. The summed E-state index contributed by atoms with van der Waals surface area (Å²) in [4.78, 5) is 37.0. The van der Waals surface area contributed by atoms with Gasteiger partial charge in [-0.15, -0.1) is 13.2 Å². The number of ether oxygens (including phenoxy) is 1. The molecule has 0 saturated carbocycles. The molecule has 3 heterocycles. The Kier molecular flexibility index (Phi) is 10.00. The van der Waals surface area contributed by atoms with E-state index >= 15 is 0 Å². The largest absolute Gasteiger partial charge is 0.573 e. The van der Waals surface area contributed by atoms with Crippen molar-refractivity contribution in [2.24, 2.45) is 0 Å². The van der Waals surface area contributed by atoms with E-state index in [0.29, 0.717) is 42.3 Å². The van der Waals surface area contributed by atoms with E-state index in [1.807, 2.05) is 36.4 Å². The average Bonchev–Trinajstić information content (AvgIpc) is 3.53. The molecule has 0 bridgehead atoms. The molecule has 2 amide bonds. The highest BCUT2D eigenvalue weighted by molar-refractivity contribution is 6.11. The molecule has 1 saturated heterocycles. The Morgan fingerprint density at radius 3 is 2.21 bits per heavy atom. The summed E-state index contributed by atoms with van der Waals surface area (Å²) in [5.41, 5.74) is 4.45. The number of aromatic hydroxyl groups is 1. The number of aryl methyl sites for hydroxylation is 1. The van der Waals surface area contributed by atoms with Gasteiger partial charge in [0, 0.05) is 68.6 Å². The summed E-state index contributed by atoms with van der Waals surface area (Å²) in [6.45, 7) is 6.19. The lowest BCUT2D eigenvalue weighted by Crippen LogP contribution is -2.53. The van der Waals surface area contributed by atoms with E-state index in [1.165, 1.54) is 29.2 Å². The van der Waals surface area contributed by atoms with Crippen molar-refractivity contribution < 1.29 is 32.6 Å². The maximum Gasteiger partial charge on any atom is 0.573 e. The predicted octanol–water partition coefficient (Wildman–Crippen LogP) is 7.18. The third-order valence-corrected chi connectivity index (χ3v) is 9.96. The molecule has 2 aliphatic rings. The van der Waals surface area contributed by atoms with Crippen molar-refractivity contribution in [3.05, 3.63) is 137 Å². The lowest BCUT2D eigenvalue weighted by molar-refractivity contribution is -0.274. The zero-order chi connectivity index (χ0) is 37.3. The van der Waals surface area contributed by atoms with Crippen LogP contribution in [0.3, 0.4) is 0 Å². The Morgan fingerprint density at radius 2 is 1.51 bits per heavy atom. The Labute approximate surface area is 306 Å². The van der Waals surface area contributed by atoms with E-state index < -0.39 is 18.0 Å². The normalized spacial score (nSPS) is 16.6. The quantitative estimate of drug-likeness (QED) is 0.183. The minimum Gasteiger partial charge on any atom is -0.508 e. The molecule has 0 aliphatic carbocycles. The van der Waals surface area contributed by atoms with E-state index in [0.717, 1.165) is 43.4 Å². The lowest BCUT2D eigenvalue weighted by Gasteiger charge is -2.41. The van der Waals surface area contributed by atoms with Crippen LogP contribution in [0.15, 0.2) is 109 Å². The first-order chi connectivity index (χ1) is 25.4. The van der Waals surface area contributed by atoms with Gasteiger partial charge in [0.15, 0.2) is 0 Å². The number of halogens is 3. The Balaban J connectivity index is 1.28. The number of amides is 2. The summed E-state index contributed by atoms with van der Waals surface area (Å²) in [7, 11) is 2.08. The fraction of sp³-hybridized carbons (Fsp3) is 0.268. The monoisotopic (exact) mass is 723 g/mol. The molecule has 2 aliphatic heterocycles. The topological polar surface area (TPSA) is 81.5 Å². The Bertz CT molecular complexity index is 2090. The summed E-state index contributed by atoms with van der Waals surface area (Å²) in [6.07, 6.45) is -2.76. The van der Waals surface area contributed by atoms with Gasteiger partial charge >= 0.3 is 6.36 Å². The predicted molar refractivity (Wildman–Crippen MR) is 196 cm³/mol. The molecule has 0 radical (unpaired) electrons. The molecule has 0 unspecified atom stereocenters. The molecule has 1 N–H and O–H groups in total. The summed E-state index contributed by atoms with van der Waals surface area (Å²) in [5, 5.41) is 9.92. The van der Waals surface area contributed by atoms with Crippen LogP contribution in [0, 0.1) is 6.92 Å². The number of carbonyl (C=O) groups excluding carboxylic acids is 2. The maximum absolute atomic E-state index is 14.8. The minimum absolute atomic E-state index is 0.0191. The molecular formula is C41H40F3N5O4. The van der Waals surface area contributed by atoms with Crippen molar-refractivity contribution >= 4 is 23.2 Å². The van der Waals surface area contributed by atoms with E-state index in [2.05, 4.69) is 27.7 Å².